The van der Waals surface area contributed by atoms with E-state index in [9.17, 15) is 13.2 Å². The number of benzene rings is 3. The lowest BCUT2D eigenvalue weighted by Gasteiger charge is -2.24. The first kappa shape index (κ1) is 26.7. The summed E-state index contributed by atoms with van der Waals surface area (Å²) in [5, 5.41) is 4.39. The number of carbonyl (C=O) groups is 1. The molecule has 0 saturated carbocycles. The van der Waals surface area contributed by atoms with Crippen molar-refractivity contribution in [2.75, 3.05) is 23.1 Å². The summed E-state index contributed by atoms with van der Waals surface area (Å²) in [4.78, 5) is 12.8. The van der Waals surface area contributed by atoms with Crippen LogP contribution in [0, 0.1) is 6.92 Å². The van der Waals surface area contributed by atoms with Crippen molar-refractivity contribution in [3.05, 3.63) is 92.9 Å². The van der Waals surface area contributed by atoms with Gasteiger partial charge in [-0.2, -0.15) is 11.8 Å². The van der Waals surface area contributed by atoms with Crippen LogP contribution in [0.2, 0.25) is 15.1 Å². The number of hydrogen-bond acceptors (Lipinski definition) is 4. The molecule has 3 rings (SSSR count). The quantitative estimate of drug-likeness (QED) is 0.301. The molecule has 0 aliphatic carbocycles. The number of nitrogens with one attached hydrogen (secondary N) is 1. The monoisotopic (exact) mass is 556 g/mol. The van der Waals surface area contributed by atoms with E-state index >= 15 is 0 Å². The minimum Gasteiger partial charge on any atom is -0.354 e. The van der Waals surface area contributed by atoms with Gasteiger partial charge in [0.25, 0.3) is 10.0 Å². The zero-order valence-corrected chi connectivity index (χ0v) is 22.2. The Balaban J connectivity index is 1.65. The van der Waals surface area contributed by atoms with Crippen molar-refractivity contribution in [2.24, 2.45) is 0 Å². The number of thioether (sulfide) groups is 1. The van der Waals surface area contributed by atoms with Gasteiger partial charge in [0.15, 0.2) is 0 Å². The van der Waals surface area contributed by atoms with Crippen molar-refractivity contribution in [3.8, 4) is 0 Å². The van der Waals surface area contributed by atoms with Gasteiger partial charge >= 0.3 is 0 Å². The lowest BCUT2D eigenvalue weighted by atomic mass is 10.2. The minimum atomic E-state index is -3.98. The highest BCUT2D eigenvalue weighted by atomic mass is 35.5. The van der Waals surface area contributed by atoms with E-state index in [1.165, 1.54) is 12.1 Å². The molecule has 0 fully saturated rings. The Labute approximate surface area is 219 Å². The molecule has 0 spiro atoms. The van der Waals surface area contributed by atoms with E-state index in [0.717, 1.165) is 15.4 Å². The standard InChI is InChI=1S/C24H23Cl3N2O3S2/c1-17-7-10-20(14-22(17)26)29(34(31,32)21-5-3-2-4-6-21)15-24(30)28-11-12-33-16-18-8-9-19(25)13-23(18)27/h2-10,13-14H,11-12,15-16H2,1H3,(H,28,30). The number of sulfonamides is 1. The van der Waals surface area contributed by atoms with E-state index in [-0.39, 0.29) is 11.4 Å². The molecule has 0 saturated heterocycles. The molecule has 5 nitrogen and oxygen atoms in total. The van der Waals surface area contributed by atoms with Crippen LogP contribution in [0.3, 0.4) is 0 Å². The van der Waals surface area contributed by atoms with Gasteiger partial charge in [0.2, 0.25) is 5.91 Å². The average Bonchev–Trinajstić information content (AvgIpc) is 2.81. The zero-order valence-electron chi connectivity index (χ0n) is 18.3. The van der Waals surface area contributed by atoms with Crippen LogP contribution in [-0.4, -0.2) is 33.2 Å². The molecule has 0 unspecified atom stereocenters. The lowest BCUT2D eigenvalue weighted by Crippen LogP contribution is -2.41. The molecule has 0 radical (unpaired) electrons. The summed E-state index contributed by atoms with van der Waals surface area (Å²) in [6, 6.07) is 18.3. The van der Waals surface area contributed by atoms with Crippen molar-refractivity contribution in [1.82, 2.24) is 5.32 Å². The molecular weight excluding hydrogens is 535 g/mol. The fraction of sp³-hybridized carbons (Fsp3) is 0.208. The maximum absolute atomic E-state index is 13.3. The highest BCUT2D eigenvalue weighted by Gasteiger charge is 2.27. The highest BCUT2D eigenvalue weighted by molar-refractivity contribution is 7.98. The molecule has 1 amide bonds. The van der Waals surface area contributed by atoms with E-state index in [4.69, 9.17) is 34.8 Å². The Kier molecular flexibility index (Phi) is 9.56. The van der Waals surface area contributed by atoms with Crippen LogP contribution in [0.1, 0.15) is 11.1 Å². The second-order valence-corrected chi connectivity index (χ2v) is 11.6. The summed E-state index contributed by atoms with van der Waals surface area (Å²) in [6.45, 7) is 1.83. The summed E-state index contributed by atoms with van der Waals surface area (Å²) >= 11 is 19.9. The van der Waals surface area contributed by atoms with Gasteiger partial charge in [0.05, 0.1) is 10.6 Å². The smallest absolute Gasteiger partial charge is 0.264 e. The maximum Gasteiger partial charge on any atom is 0.264 e. The zero-order chi connectivity index (χ0) is 24.7. The minimum absolute atomic E-state index is 0.0925. The predicted molar refractivity (Wildman–Crippen MR) is 143 cm³/mol. The lowest BCUT2D eigenvalue weighted by molar-refractivity contribution is -0.119. The van der Waals surface area contributed by atoms with Gasteiger partial charge in [-0.05, 0) is 54.4 Å². The van der Waals surface area contributed by atoms with Crippen LogP contribution in [0.4, 0.5) is 5.69 Å². The van der Waals surface area contributed by atoms with Gasteiger partial charge in [-0.15, -0.1) is 0 Å². The van der Waals surface area contributed by atoms with E-state index in [2.05, 4.69) is 5.32 Å². The topological polar surface area (TPSA) is 66.5 Å². The van der Waals surface area contributed by atoms with E-state index < -0.39 is 15.9 Å². The first-order valence-electron chi connectivity index (χ1n) is 10.3. The van der Waals surface area contributed by atoms with Gasteiger partial charge in [0.1, 0.15) is 6.54 Å². The number of anilines is 1. The maximum atomic E-state index is 13.3. The molecule has 3 aromatic carbocycles. The molecule has 34 heavy (non-hydrogen) atoms. The Bertz CT molecular complexity index is 1260. The van der Waals surface area contributed by atoms with Gasteiger partial charge < -0.3 is 5.32 Å². The fourth-order valence-corrected chi connectivity index (χ4v) is 6.07. The number of rotatable bonds is 10. The normalized spacial score (nSPS) is 11.3. The van der Waals surface area contributed by atoms with Crippen LogP contribution in [0.5, 0.6) is 0 Å². The molecule has 0 atom stereocenters. The summed E-state index contributed by atoms with van der Waals surface area (Å²) in [7, 11) is -3.98. The summed E-state index contributed by atoms with van der Waals surface area (Å²) in [5.41, 5.74) is 2.09. The SMILES string of the molecule is Cc1ccc(N(CC(=O)NCCSCc2ccc(Cl)cc2Cl)S(=O)(=O)c2ccccc2)cc1Cl. The second kappa shape index (κ2) is 12.2. The van der Waals surface area contributed by atoms with Crippen LogP contribution < -0.4 is 9.62 Å². The molecule has 0 heterocycles. The van der Waals surface area contributed by atoms with Crippen molar-refractivity contribution >= 4 is 68.2 Å². The molecule has 0 aromatic heterocycles. The molecular formula is C24H23Cl3N2O3S2. The summed E-state index contributed by atoms with van der Waals surface area (Å²) < 4.78 is 27.7. The van der Waals surface area contributed by atoms with E-state index in [0.29, 0.717) is 38.8 Å². The number of aryl methyl sites for hydroxylation is 1. The average molecular weight is 558 g/mol. The fourth-order valence-electron chi connectivity index (χ4n) is 3.04. The summed E-state index contributed by atoms with van der Waals surface area (Å²) in [6.07, 6.45) is 0. The van der Waals surface area contributed by atoms with Crippen molar-refractivity contribution in [3.63, 3.8) is 0 Å². The summed E-state index contributed by atoms with van der Waals surface area (Å²) in [5.74, 6) is 0.885. The molecule has 3 aromatic rings. The van der Waals surface area contributed by atoms with Crippen molar-refractivity contribution in [2.45, 2.75) is 17.6 Å². The largest absolute Gasteiger partial charge is 0.354 e. The van der Waals surface area contributed by atoms with Crippen LogP contribution in [0.15, 0.2) is 71.6 Å². The van der Waals surface area contributed by atoms with Crippen LogP contribution in [-0.2, 0) is 20.6 Å². The van der Waals surface area contributed by atoms with Crippen molar-refractivity contribution < 1.29 is 13.2 Å². The number of carbonyl (C=O) groups excluding carboxylic acids is 1. The number of hydrogen-bond donors (Lipinski definition) is 1. The second-order valence-electron chi connectivity index (χ2n) is 7.40. The first-order valence-corrected chi connectivity index (χ1v) is 14.0. The predicted octanol–water partition coefficient (Wildman–Crippen LogP) is 6.20. The number of halogens is 3. The van der Waals surface area contributed by atoms with Gasteiger partial charge in [-0.25, -0.2) is 8.42 Å². The highest BCUT2D eigenvalue weighted by Crippen LogP contribution is 2.28. The Morgan fingerprint density at radius 1 is 0.971 bits per heavy atom. The molecule has 180 valence electrons. The van der Waals surface area contributed by atoms with E-state index in [1.807, 2.05) is 13.0 Å². The van der Waals surface area contributed by atoms with Gasteiger partial charge in [-0.3, -0.25) is 9.10 Å². The van der Waals surface area contributed by atoms with Crippen molar-refractivity contribution in [1.29, 1.82) is 0 Å². The number of nitrogens with zero attached hydrogens (tertiary/aromatic N) is 1. The van der Waals surface area contributed by atoms with Gasteiger partial charge in [0, 0.05) is 33.1 Å². The molecule has 10 heteroatoms. The van der Waals surface area contributed by atoms with Gasteiger partial charge in [-0.1, -0.05) is 65.1 Å². The third-order valence-electron chi connectivity index (χ3n) is 4.90. The molecule has 0 aliphatic rings. The Hall–Kier alpha value is -1.90. The molecule has 0 aliphatic heterocycles. The third kappa shape index (κ3) is 7.06. The number of amides is 1. The Morgan fingerprint density at radius 2 is 1.71 bits per heavy atom. The molecule has 0 bridgehead atoms. The van der Waals surface area contributed by atoms with Crippen LogP contribution in [0.25, 0.3) is 0 Å². The van der Waals surface area contributed by atoms with Crippen LogP contribution >= 0.6 is 46.6 Å². The molecule has 1 N–H and O–H groups in total. The first-order chi connectivity index (χ1) is 16.2. The van der Waals surface area contributed by atoms with E-state index in [1.54, 1.807) is 60.3 Å². The third-order valence-corrected chi connectivity index (χ3v) is 8.69. The Morgan fingerprint density at radius 3 is 2.38 bits per heavy atom.